The van der Waals surface area contributed by atoms with Crippen molar-refractivity contribution in [2.75, 3.05) is 0 Å². The van der Waals surface area contributed by atoms with E-state index in [9.17, 15) is 9.59 Å². The quantitative estimate of drug-likeness (QED) is 0.735. The highest BCUT2D eigenvalue weighted by atomic mass is 16.1. The van der Waals surface area contributed by atoms with Crippen LogP contribution in [-0.2, 0) is 0 Å². The van der Waals surface area contributed by atoms with E-state index >= 15 is 0 Å². The molecule has 0 aliphatic carbocycles. The first-order chi connectivity index (χ1) is 9.66. The Morgan fingerprint density at radius 2 is 1.10 bits per heavy atom. The van der Waals surface area contributed by atoms with Gasteiger partial charge in [-0.3, -0.25) is 9.59 Å². The van der Waals surface area contributed by atoms with E-state index in [-0.39, 0.29) is 17.5 Å². The standard InChI is InChI=1S/C18H18O2/c1-14(12-17(19)15-8-4-2-5-9-15)13-18(20)16-10-6-3-7-11-16/h2-11,14H,12-13H2,1H3. The van der Waals surface area contributed by atoms with E-state index in [2.05, 4.69) is 0 Å². The number of rotatable bonds is 6. The van der Waals surface area contributed by atoms with Crippen LogP contribution in [-0.4, -0.2) is 11.6 Å². The molecule has 2 aromatic rings. The number of hydrogen-bond acceptors (Lipinski definition) is 2. The van der Waals surface area contributed by atoms with Crippen molar-refractivity contribution in [3.63, 3.8) is 0 Å². The lowest BCUT2D eigenvalue weighted by atomic mass is 9.93. The largest absolute Gasteiger partial charge is 0.294 e. The third-order valence-corrected chi connectivity index (χ3v) is 3.26. The highest BCUT2D eigenvalue weighted by Crippen LogP contribution is 2.16. The lowest BCUT2D eigenvalue weighted by Crippen LogP contribution is -2.11. The van der Waals surface area contributed by atoms with Crippen LogP contribution >= 0.6 is 0 Å². The summed E-state index contributed by atoms with van der Waals surface area (Å²) < 4.78 is 0. The summed E-state index contributed by atoms with van der Waals surface area (Å²) in [5, 5.41) is 0. The Morgan fingerprint density at radius 3 is 1.45 bits per heavy atom. The molecule has 0 aliphatic heterocycles. The van der Waals surface area contributed by atoms with Gasteiger partial charge in [-0.15, -0.1) is 0 Å². The second-order valence-corrected chi connectivity index (χ2v) is 5.09. The molecule has 2 aromatic carbocycles. The van der Waals surface area contributed by atoms with Crippen molar-refractivity contribution < 1.29 is 9.59 Å². The Morgan fingerprint density at radius 1 is 0.750 bits per heavy atom. The molecule has 0 saturated carbocycles. The smallest absolute Gasteiger partial charge is 0.163 e. The second-order valence-electron chi connectivity index (χ2n) is 5.09. The van der Waals surface area contributed by atoms with Gasteiger partial charge in [0.2, 0.25) is 0 Å². The molecular formula is C18H18O2. The number of hydrogen-bond donors (Lipinski definition) is 0. The maximum absolute atomic E-state index is 12.1. The number of benzene rings is 2. The van der Waals surface area contributed by atoms with Gasteiger partial charge in [0.15, 0.2) is 11.6 Å². The van der Waals surface area contributed by atoms with E-state index in [1.54, 1.807) is 0 Å². The van der Waals surface area contributed by atoms with Crippen molar-refractivity contribution in [1.29, 1.82) is 0 Å². The minimum Gasteiger partial charge on any atom is -0.294 e. The predicted octanol–water partition coefficient (Wildman–Crippen LogP) is 4.17. The Labute approximate surface area is 119 Å². The highest BCUT2D eigenvalue weighted by molar-refractivity contribution is 5.98. The predicted molar refractivity (Wildman–Crippen MR) is 79.9 cm³/mol. The summed E-state index contributed by atoms with van der Waals surface area (Å²) in [6.45, 7) is 1.95. The molecule has 0 N–H and O–H groups in total. The van der Waals surface area contributed by atoms with Gasteiger partial charge in [-0.25, -0.2) is 0 Å². The first-order valence-corrected chi connectivity index (χ1v) is 6.83. The summed E-state index contributed by atoms with van der Waals surface area (Å²) in [6, 6.07) is 18.4. The molecule has 20 heavy (non-hydrogen) atoms. The summed E-state index contributed by atoms with van der Waals surface area (Å²) in [4.78, 5) is 24.1. The maximum Gasteiger partial charge on any atom is 0.163 e. The zero-order chi connectivity index (χ0) is 14.4. The maximum atomic E-state index is 12.1. The van der Waals surface area contributed by atoms with E-state index in [1.165, 1.54) is 0 Å². The van der Waals surface area contributed by atoms with Crippen LogP contribution in [0, 0.1) is 5.92 Å². The van der Waals surface area contributed by atoms with E-state index in [0.717, 1.165) is 0 Å². The van der Waals surface area contributed by atoms with Gasteiger partial charge in [0.25, 0.3) is 0 Å². The average molecular weight is 266 g/mol. The fourth-order valence-corrected chi connectivity index (χ4v) is 2.19. The zero-order valence-corrected chi connectivity index (χ0v) is 11.6. The van der Waals surface area contributed by atoms with Crippen LogP contribution in [0.3, 0.4) is 0 Å². The molecule has 0 fully saturated rings. The topological polar surface area (TPSA) is 34.1 Å². The van der Waals surface area contributed by atoms with Crippen LogP contribution in [0.2, 0.25) is 0 Å². The van der Waals surface area contributed by atoms with Crippen LogP contribution in [0.5, 0.6) is 0 Å². The molecule has 102 valence electrons. The van der Waals surface area contributed by atoms with Gasteiger partial charge in [-0.05, 0) is 5.92 Å². The Bertz CT molecular complexity index is 519. The molecule has 0 radical (unpaired) electrons. The summed E-state index contributed by atoms with van der Waals surface area (Å²) in [6.07, 6.45) is 0.811. The molecule has 0 saturated heterocycles. The molecule has 2 nitrogen and oxygen atoms in total. The SMILES string of the molecule is CC(CC(=O)c1ccccc1)CC(=O)c1ccccc1. The summed E-state index contributed by atoms with van der Waals surface area (Å²) in [5.41, 5.74) is 1.43. The first-order valence-electron chi connectivity index (χ1n) is 6.83. The molecule has 0 aliphatic rings. The Balaban J connectivity index is 1.91. The summed E-state index contributed by atoms with van der Waals surface area (Å²) in [5.74, 6) is 0.244. The van der Waals surface area contributed by atoms with Gasteiger partial charge in [-0.1, -0.05) is 67.6 Å². The molecule has 0 spiro atoms. The summed E-state index contributed by atoms with van der Waals surface area (Å²) >= 11 is 0. The minimum absolute atomic E-state index is 0.0513. The number of Topliss-reactive ketones (excluding diaryl/α,β-unsaturated/α-hetero) is 2. The second kappa shape index (κ2) is 6.80. The van der Waals surface area contributed by atoms with Crippen molar-refractivity contribution in [2.24, 2.45) is 5.92 Å². The van der Waals surface area contributed by atoms with Gasteiger partial charge in [0, 0.05) is 24.0 Å². The minimum atomic E-state index is 0.0513. The van der Waals surface area contributed by atoms with Crippen molar-refractivity contribution >= 4 is 11.6 Å². The number of ketones is 2. The van der Waals surface area contributed by atoms with E-state index < -0.39 is 0 Å². The number of carbonyl (C=O) groups is 2. The first kappa shape index (κ1) is 14.2. The molecule has 0 heterocycles. The van der Waals surface area contributed by atoms with Crippen molar-refractivity contribution in [3.8, 4) is 0 Å². The third-order valence-electron chi connectivity index (χ3n) is 3.26. The molecule has 0 aromatic heterocycles. The molecule has 0 bridgehead atoms. The molecule has 0 unspecified atom stereocenters. The number of carbonyl (C=O) groups excluding carboxylic acids is 2. The van der Waals surface area contributed by atoms with Gasteiger partial charge in [0.1, 0.15) is 0 Å². The van der Waals surface area contributed by atoms with Crippen molar-refractivity contribution in [2.45, 2.75) is 19.8 Å². The fraction of sp³-hybridized carbons (Fsp3) is 0.222. The highest BCUT2D eigenvalue weighted by Gasteiger charge is 2.15. The van der Waals surface area contributed by atoms with Crippen LogP contribution < -0.4 is 0 Å². The van der Waals surface area contributed by atoms with E-state index in [0.29, 0.717) is 24.0 Å². The lowest BCUT2D eigenvalue weighted by molar-refractivity contribution is 0.0928. The van der Waals surface area contributed by atoms with Crippen molar-refractivity contribution in [1.82, 2.24) is 0 Å². The van der Waals surface area contributed by atoms with Gasteiger partial charge >= 0.3 is 0 Å². The Kier molecular flexibility index (Phi) is 4.83. The zero-order valence-electron chi connectivity index (χ0n) is 11.6. The van der Waals surface area contributed by atoms with Crippen LogP contribution in [0.1, 0.15) is 40.5 Å². The normalized spacial score (nSPS) is 10.5. The molecule has 0 amide bonds. The molecule has 0 atom stereocenters. The van der Waals surface area contributed by atoms with E-state index in [4.69, 9.17) is 0 Å². The fourth-order valence-electron chi connectivity index (χ4n) is 2.19. The molecular weight excluding hydrogens is 248 g/mol. The third kappa shape index (κ3) is 3.89. The van der Waals surface area contributed by atoms with Gasteiger partial charge < -0.3 is 0 Å². The molecule has 2 rings (SSSR count). The van der Waals surface area contributed by atoms with Gasteiger partial charge in [0.05, 0.1) is 0 Å². The van der Waals surface area contributed by atoms with E-state index in [1.807, 2.05) is 67.6 Å². The molecule has 2 heteroatoms. The van der Waals surface area contributed by atoms with Crippen LogP contribution in [0.25, 0.3) is 0 Å². The monoisotopic (exact) mass is 266 g/mol. The average Bonchev–Trinajstić information content (AvgIpc) is 2.49. The van der Waals surface area contributed by atoms with Gasteiger partial charge in [-0.2, -0.15) is 0 Å². The summed E-state index contributed by atoms with van der Waals surface area (Å²) in [7, 11) is 0. The van der Waals surface area contributed by atoms with Crippen LogP contribution in [0.15, 0.2) is 60.7 Å². The Hall–Kier alpha value is -2.22. The lowest BCUT2D eigenvalue weighted by Gasteiger charge is -2.10. The van der Waals surface area contributed by atoms with Crippen LogP contribution in [0.4, 0.5) is 0 Å². The van der Waals surface area contributed by atoms with Crippen molar-refractivity contribution in [3.05, 3.63) is 71.8 Å².